The third-order valence-corrected chi connectivity index (χ3v) is 4.44. The number of carbonyl (C=O) groups is 1. The number of nitrogens with zero attached hydrogens (tertiary/aromatic N) is 2. The lowest BCUT2D eigenvalue weighted by atomic mass is 10.1. The van der Waals surface area contributed by atoms with Crippen LogP contribution < -0.4 is 5.32 Å². The predicted molar refractivity (Wildman–Crippen MR) is 86.5 cm³/mol. The predicted octanol–water partition coefficient (Wildman–Crippen LogP) is 4.19. The van der Waals surface area contributed by atoms with Gasteiger partial charge < -0.3 is 5.32 Å². The van der Waals surface area contributed by atoms with Gasteiger partial charge in [-0.15, -0.1) is 11.3 Å². The van der Waals surface area contributed by atoms with E-state index >= 15 is 0 Å². The Morgan fingerprint density at radius 1 is 1.41 bits per heavy atom. The zero-order valence-electron chi connectivity index (χ0n) is 12.3. The SMILES string of the molecule is CCC(C)C(=O)Nc1c(-c2ccc(F)cc2)nc2sccn12. The van der Waals surface area contributed by atoms with Crippen LogP contribution in [0.4, 0.5) is 10.2 Å². The van der Waals surface area contributed by atoms with Gasteiger partial charge in [-0.1, -0.05) is 13.8 Å². The fraction of sp³-hybridized carbons (Fsp3) is 0.250. The van der Waals surface area contributed by atoms with E-state index in [-0.39, 0.29) is 17.6 Å². The number of anilines is 1. The second-order valence-corrected chi connectivity index (χ2v) is 6.04. The van der Waals surface area contributed by atoms with Crippen LogP contribution in [0.2, 0.25) is 0 Å². The Morgan fingerprint density at radius 2 is 2.14 bits per heavy atom. The summed E-state index contributed by atoms with van der Waals surface area (Å²) in [6.45, 7) is 3.86. The maximum Gasteiger partial charge on any atom is 0.228 e. The zero-order valence-corrected chi connectivity index (χ0v) is 13.2. The molecule has 1 aromatic carbocycles. The first-order chi connectivity index (χ1) is 10.6. The average Bonchev–Trinajstić information content (AvgIpc) is 3.10. The van der Waals surface area contributed by atoms with E-state index in [1.54, 1.807) is 12.1 Å². The summed E-state index contributed by atoms with van der Waals surface area (Å²) in [6, 6.07) is 6.12. The summed E-state index contributed by atoms with van der Waals surface area (Å²) in [5, 5.41) is 4.87. The lowest BCUT2D eigenvalue weighted by molar-refractivity contribution is -0.119. The van der Waals surface area contributed by atoms with E-state index in [0.29, 0.717) is 11.5 Å². The molecule has 1 N–H and O–H groups in total. The van der Waals surface area contributed by atoms with Gasteiger partial charge in [-0.05, 0) is 30.7 Å². The number of aromatic nitrogens is 2. The van der Waals surface area contributed by atoms with Crippen LogP contribution in [0.15, 0.2) is 35.8 Å². The van der Waals surface area contributed by atoms with Gasteiger partial charge in [-0.3, -0.25) is 9.20 Å². The summed E-state index contributed by atoms with van der Waals surface area (Å²) in [6.07, 6.45) is 2.63. The quantitative estimate of drug-likeness (QED) is 0.784. The Kier molecular flexibility index (Phi) is 3.94. The Morgan fingerprint density at radius 3 is 2.82 bits per heavy atom. The van der Waals surface area contributed by atoms with Crippen molar-refractivity contribution in [2.24, 2.45) is 5.92 Å². The minimum atomic E-state index is -0.296. The second kappa shape index (κ2) is 5.88. The van der Waals surface area contributed by atoms with Crippen molar-refractivity contribution in [2.75, 3.05) is 5.32 Å². The zero-order chi connectivity index (χ0) is 15.7. The smallest absolute Gasteiger partial charge is 0.228 e. The first-order valence-corrected chi connectivity index (χ1v) is 8.00. The van der Waals surface area contributed by atoms with Gasteiger partial charge in [0, 0.05) is 23.1 Å². The van der Waals surface area contributed by atoms with E-state index < -0.39 is 0 Å². The van der Waals surface area contributed by atoms with E-state index in [4.69, 9.17) is 0 Å². The number of carbonyl (C=O) groups excluding carboxylic acids is 1. The normalized spacial score (nSPS) is 12.5. The number of benzene rings is 1. The molecule has 4 nitrogen and oxygen atoms in total. The molecule has 1 unspecified atom stereocenters. The van der Waals surface area contributed by atoms with Crippen LogP contribution in [0.1, 0.15) is 20.3 Å². The highest BCUT2D eigenvalue weighted by Crippen LogP contribution is 2.31. The van der Waals surface area contributed by atoms with Crippen molar-refractivity contribution in [3.8, 4) is 11.3 Å². The molecular formula is C16H16FN3OS. The molecule has 1 atom stereocenters. The molecule has 0 fully saturated rings. The van der Waals surface area contributed by atoms with Crippen LogP contribution in [0.5, 0.6) is 0 Å². The van der Waals surface area contributed by atoms with E-state index in [2.05, 4.69) is 10.3 Å². The largest absolute Gasteiger partial charge is 0.310 e. The third-order valence-electron chi connectivity index (χ3n) is 3.68. The Labute approximate surface area is 131 Å². The summed E-state index contributed by atoms with van der Waals surface area (Å²) in [5.74, 6) is 0.215. The summed E-state index contributed by atoms with van der Waals surface area (Å²) in [4.78, 5) is 17.6. The van der Waals surface area contributed by atoms with Crippen molar-refractivity contribution < 1.29 is 9.18 Å². The Hall–Kier alpha value is -2.21. The summed E-state index contributed by atoms with van der Waals surface area (Å²) in [5.41, 5.74) is 1.43. The topological polar surface area (TPSA) is 46.4 Å². The van der Waals surface area contributed by atoms with Crippen molar-refractivity contribution in [2.45, 2.75) is 20.3 Å². The van der Waals surface area contributed by atoms with Crippen LogP contribution in [0.3, 0.4) is 0 Å². The first-order valence-electron chi connectivity index (χ1n) is 7.12. The number of fused-ring (bicyclic) bond motifs is 1. The molecule has 6 heteroatoms. The standard InChI is InChI=1S/C16H16FN3OS/c1-3-10(2)15(21)19-14-13(11-4-6-12(17)7-5-11)18-16-20(14)8-9-22-16/h4-10H,3H2,1-2H3,(H,19,21). The second-order valence-electron chi connectivity index (χ2n) is 5.17. The third kappa shape index (κ3) is 2.62. The van der Waals surface area contributed by atoms with Gasteiger partial charge in [0.25, 0.3) is 0 Å². The molecule has 0 radical (unpaired) electrons. The Balaban J connectivity index is 2.06. The lowest BCUT2D eigenvalue weighted by Gasteiger charge is -2.11. The molecule has 0 saturated heterocycles. The number of halogens is 1. The van der Waals surface area contributed by atoms with Crippen LogP contribution in [0, 0.1) is 11.7 Å². The maximum absolute atomic E-state index is 13.1. The molecule has 0 spiro atoms. The molecule has 0 saturated carbocycles. The van der Waals surface area contributed by atoms with Gasteiger partial charge in [-0.25, -0.2) is 9.37 Å². The summed E-state index contributed by atoms with van der Waals surface area (Å²) in [7, 11) is 0. The van der Waals surface area contributed by atoms with Gasteiger partial charge in [-0.2, -0.15) is 0 Å². The Bertz CT molecular complexity index is 807. The van der Waals surface area contributed by atoms with Gasteiger partial charge in [0.15, 0.2) is 4.96 Å². The molecule has 0 aliphatic carbocycles. The fourth-order valence-electron chi connectivity index (χ4n) is 2.14. The molecule has 1 amide bonds. The average molecular weight is 317 g/mol. The van der Waals surface area contributed by atoms with Gasteiger partial charge in [0.05, 0.1) is 0 Å². The number of thiazole rings is 1. The molecule has 0 aliphatic heterocycles. The maximum atomic E-state index is 13.1. The molecule has 2 aromatic heterocycles. The molecule has 3 rings (SSSR count). The molecule has 0 bridgehead atoms. The highest BCUT2D eigenvalue weighted by molar-refractivity contribution is 7.15. The highest BCUT2D eigenvalue weighted by Gasteiger charge is 2.19. The number of nitrogens with one attached hydrogen (secondary N) is 1. The fourth-order valence-corrected chi connectivity index (χ4v) is 2.85. The van der Waals surface area contributed by atoms with E-state index in [0.717, 1.165) is 16.9 Å². The first kappa shape index (κ1) is 14.7. The summed E-state index contributed by atoms with van der Waals surface area (Å²) >= 11 is 1.49. The van der Waals surface area contributed by atoms with Gasteiger partial charge in [0.1, 0.15) is 17.3 Å². The van der Waals surface area contributed by atoms with Crippen molar-refractivity contribution >= 4 is 28.0 Å². The van der Waals surface area contributed by atoms with Crippen LogP contribution in [0.25, 0.3) is 16.2 Å². The molecule has 22 heavy (non-hydrogen) atoms. The number of rotatable bonds is 4. The van der Waals surface area contributed by atoms with Crippen molar-refractivity contribution in [1.29, 1.82) is 0 Å². The van der Waals surface area contributed by atoms with Crippen molar-refractivity contribution in [3.63, 3.8) is 0 Å². The van der Waals surface area contributed by atoms with Gasteiger partial charge in [0.2, 0.25) is 5.91 Å². The monoisotopic (exact) mass is 317 g/mol. The summed E-state index contributed by atoms with van der Waals surface area (Å²) < 4.78 is 15.0. The molecule has 114 valence electrons. The van der Waals surface area contributed by atoms with Crippen molar-refractivity contribution in [1.82, 2.24) is 9.38 Å². The van der Waals surface area contributed by atoms with Crippen molar-refractivity contribution in [3.05, 3.63) is 41.7 Å². The molecule has 3 aromatic rings. The van der Waals surface area contributed by atoms with E-state index in [1.807, 2.05) is 29.8 Å². The molecular weight excluding hydrogens is 301 g/mol. The van der Waals surface area contributed by atoms with Gasteiger partial charge >= 0.3 is 0 Å². The van der Waals surface area contributed by atoms with Crippen LogP contribution in [-0.2, 0) is 4.79 Å². The van der Waals surface area contributed by atoms with Crippen LogP contribution in [-0.4, -0.2) is 15.3 Å². The van der Waals surface area contributed by atoms with Crippen LogP contribution >= 0.6 is 11.3 Å². The molecule has 0 aliphatic rings. The minimum Gasteiger partial charge on any atom is -0.310 e. The lowest BCUT2D eigenvalue weighted by Crippen LogP contribution is -2.20. The van der Waals surface area contributed by atoms with E-state index in [1.165, 1.54) is 23.5 Å². The molecule has 2 heterocycles. The van der Waals surface area contributed by atoms with E-state index in [9.17, 15) is 9.18 Å². The highest BCUT2D eigenvalue weighted by atomic mass is 32.1. The number of imidazole rings is 1. The number of hydrogen-bond donors (Lipinski definition) is 1. The minimum absolute atomic E-state index is 0.0427. The number of hydrogen-bond acceptors (Lipinski definition) is 3. The number of amides is 1.